The molecule has 1 unspecified atom stereocenters. The Morgan fingerprint density at radius 1 is 1.40 bits per heavy atom. The van der Waals surface area contributed by atoms with E-state index < -0.39 is 22.0 Å². The number of benzene rings is 1. The highest BCUT2D eigenvalue weighted by Gasteiger charge is 2.39. The van der Waals surface area contributed by atoms with Crippen molar-refractivity contribution in [3.05, 3.63) is 24.3 Å². The molecule has 1 amide bonds. The van der Waals surface area contributed by atoms with E-state index in [9.17, 15) is 13.2 Å². The van der Waals surface area contributed by atoms with Crippen LogP contribution in [0.2, 0.25) is 0 Å². The first-order valence-corrected chi connectivity index (χ1v) is 7.54. The number of nitrogens with zero attached hydrogens (tertiary/aromatic N) is 1. The number of methoxy groups -OCH3 is 1. The third-order valence-corrected chi connectivity index (χ3v) is 5.20. The second kappa shape index (κ2) is 5.78. The predicted octanol–water partition coefficient (Wildman–Crippen LogP) is 0.354. The van der Waals surface area contributed by atoms with Crippen LogP contribution in [0.3, 0.4) is 0 Å². The summed E-state index contributed by atoms with van der Waals surface area (Å²) in [6.07, 6.45) is 0.968. The lowest BCUT2D eigenvalue weighted by Crippen LogP contribution is -2.44. The number of rotatable bonds is 4. The van der Waals surface area contributed by atoms with Crippen LogP contribution < -0.4 is 10.2 Å². The van der Waals surface area contributed by atoms with E-state index in [1.54, 1.807) is 12.1 Å². The molecule has 1 aromatic carbocycles. The van der Waals surface area contributed by atoms with Crippen LogP contribution in [0.15, 0.2) is 29.2 Å². The molecule has 0 aliphatic carbocycles. The zero-order chi connectivity index (χ0) is 14.8. The van der Waals surface area contributed by atoms with Crippen molar-refractivity contribution >= 4 is 15.9 Å². The maximum atomic E-state index is 12.5. The number of sulfonamides is 1. The largest absolute Gasteiger partial charge is 0.497 e. The minimum atomic E-state index is -3.76. The first-order valence-electron chi connectivity index (χ1n) is 6.10. The highest BCUT2D eigenvalue weighted by Crippen LogP contribution is 2.27. The van der Waals surface area contributed by atoms with E-state index in [0.29, 0.717) is 18.6 Å². The molecular formula is C12H16N2O5S. The molecule has 2 N–H and O–H groups in total. The quantitative estimate of drug-likeness (QED) is 0.618. The van der Waals surface area contributed by atoms with E-state index in [1.165, 1.54) is 24.7 Å². The summed E-state index contributed by atoms with van der Waals surface area (Å²) in [4.78, 5) is 11.6. The van der Waals surface area contributed by atoms with Gasteiger partial charge in [0.15, 0.2) is 0 Å². The first kappa shape index (κ1) is 14.8. The number of carbonyl (C=O) groups is 1. The number of carbonyl (C=O) groups excluding carboxylic acids is 1. The topological polar surface area (TPSA) is 95.9 Å². The molecule has 0 aromatic heterocycles. The maximum Gasteiger partial charge on any atom is 0.261 e. The highest BCUT2D eigenvalue weighted by molar-refractivity contribution is 7.89. The number of nitrogens with one attached hydrogen (secondary N) is 1. The van der Waals surface area contributed by atoms with Gasteiger partial charge in [0, 0.05) is 6.54 Å². The lowest BCUT2D eigenvalue weighted by atomic mass is 10.2. The van der Waals surface area contributed by atoms with Crippen molar-refractivity contribution in [3.8, 4) is 5.75 Å². The molecular weight excluding hydrogens is 284 g/mol. The molecule has 20 heavy (non-hydrogen) atoms. The summed E-state index contributed by atoms with van der Waals surface area (Å²) in [6, 6.07) is 5.08. The van der Waals surface area contributed by atoms with Gasteiger partial charge in [-0.2, -0.15) is 4.31 Å². The minimum absolute atomic E-state index is 0.0935. The molecule has 1 atom stereocenters. The van der Waals surface area contributed by atoms with E-state index in [2.05, 4.69) is 0 Å². The van der Waals surface area contributed by atoms with Crippen LogP contribution in [0.1, 0.15) is 12.8 Å². The monoisotopic (exact) mass is 300 g/mol. The molecule has 1 fully saturated rings. The molecule has 110 valence electrons. The van der Waals surface area contributed by atoms with Gasteiger partial charge >= 0.3 is 0 Å². The van der Waals surface area contributed by atoms with Crippen LogP contribution in [0.25, 0.3) is 0 Å². The number of amides is 1. The Morgan fingerprint density at radius 2 is 2.05 bits per heavy atom. The van der Waals surface area contributed by atoms with Crippen molar-refractivity contribution < 1.29 is 23.2 Å². The summed E-state index contributed by atoms with van der Waals surface area (Å²) in [5.41, 5.74) is 1.51. The molecule has 0 spiro atoms. The smallest absolute Gasteiger partial charge is 0.261 e. The van der Waals surface area contributed by atoms with Crippen molar-refractivity contribution in [3.63, 3.8) is 0 Å². The minimum Gasteiger partial charge on any atom is -0.497 e. The van der Waals surface area contributed by atoms with Crippen LogP contribution in [0, 0.1) is 0 Å². The predicted molar refractivity (Wildman–Crippen MR) is 69.8 cm³/mol. The first-order chi connectivity index (χ1) is 9.50. The second-order valence-electron chi connectivity index (χ2n) is 4.43. The number of hydrogen-bond acceptors (Lipinski definition) is 5. The molecule has 8 heteroatoms. The van der Waals surface area contributed by atoms with E-state index in [-0.39, 0.29) is 11.4 Å². The maximum absolute atomic E-state index is 12.5. The van der Waals surface area contributed by atoms with Gasteiger partial charge in [-0.3, -0.25) is 10.0 Å². The van der Waals surface area contributed by atoms with E-state index in [4.69, 9.17) is 9.94 Å². The SMILES string of the molecule is COc1ccc(S(=O)(=O)N2CCCC2C(=O)NO)cc1. The fourth-order valence-electron chi connectivity index (χ4n) is 2.25. The zero-order valence-electron chi connectivity index (χ0n) is 10.9. The van der Waals surface area contributed by atoms with Crippen LogP contribution in [-0.2, 0) is 14.8 Å². The van der Waals surface area contributed by atoms with Gasteiger partial charge in [-0.1, -0.05) is 0 Å². The van der Waals surface area contributed by atoms with Crippen LogP contribution >= 0.6 is 0 Å². The Morgan fingerprint density at radius 3 is 2.60 bits per heavy atom. The lowest BCUT2D eigenvalue weighted by Gasteiger charge is -2.22. The number of hydrogen-bond donors (Lipinski definition) is 2. The standard InChI is InChI=1S/C12H16N2O5S/c1-19-9-4-6-10(7-5-9)20(17,18)14-8-2-3-11(14)12(15)13-16/h4-7,11,16H,2-3,8H2,1H3,(H,13,15). The molecule has 1 heterocycles. The third kappa shape index (κ3) is 2.62. The molecule has 1 aromatic rings. The summed E-state index contributed by atoms with van der Waals surface area (Å²) < 4.78 is 31.1. The Balaban J connectivity index is 2.31. The average Bonchev–Trinajstić information content (AvgIpc) is 2.96. The third-order valence-electron chi connectivity index (χ3n) is 3.28. The molecule has 2 rings (SSSR count). The fraction of sp³-hybridized carbons (Fsp3) is 0.417. The normalized spacial score (nSPS) is 19.8. The average molecular weight is 300 g/mol. The summed E-state index contributed by atoms with van der Waals surface area (Å²) in [6.45, 7) is 0.256. The Labute approximate surface area is 117 Å². The van der Waals surface area contributed by atoms with E-state index >= 15 is 0 Å². The van der Waals surface area contributed by atoms with Gasteiger partial charge in [0.05, 0.1) is 12.0 Å². The lowest BCUT2D eigenvalue weighted by molar-refractivity contribution is -0.132. The van der Waals surface area contributed by atoms with Gasteiger partial charge in [0.1, 0.15) is 11.8 Å². The fourth-order valence-corrected chi connectivity index (χ4v) is 3.90. The van der Waals surface area contributed by atoms with E-state index in [1.807, 2.05) is 0 Å². The number of hydroxylamine groups is 1. The summed E-state index contributed by atoms with van der Waals surface area (Å²) in [7, 11) is -2.27. The second-order valence-corrected chi connectivity index (χ2v) is 6.32. The van der Waals surface area contributed by atoms with Crippen molar-refractivity contribution in [1.29, 1.82) is 0 Å². The molecule has 0 bridgehead atoms. The number of ether oxygens (including phenoxy) is 1. The molecule has 7 nitrogen and oxygen atoms in total. The van der Waals surface area contributed by atoms with Crippen LogP contribution in [-0.4, -0.2) is 43.5 Å². The van der Waals surface area contributed by atoms with Gasteiger partial charge in [-0.15, -0.1) is 0 Å². The van der Waals surface area contributed by atoms with Gasteiger partial charge in [-0.25, -0.2) is 13.9 Å². The van der Waals surface area contributed by atoms with E-state index in [0.717, 1.165) is 4.31 Å². The molecule has 1 saturated heterocycles. The zero-order valence-corrected chi connectivity index (χ0v) is 11.8. The summed E-state index contributed by atoms with van der Waals surface area (Å²) in [5.74, 6) is -0.158. The molecule has 0 radical (unpaired) electrons. The van der Waals surface area contributed by atoms with Crippen molar-refractivity contribution in [2.75, 3.05) is 13.7 Å². The Kier molecular flexibility index (Phi) is 4.26. The van der Waals surface area contributed by atoms with Crippen LogP contribution in [0.5, 0.6) is 5.75 Å². The van der Waals surface area contributed by atoms with Crippen molar-refractivity contribution in [2.24, 2.45) is 0 Å². The Hall–Kier alpha value is -1.64. The molecule has 0 saturated carbocycles. The van der Waals surface area contributed by atoms with Crippen molar-refractivity contribution in [1.82, 2.24) is 9.79 Å². The van der Waals surface area contributed by atoms with Gasteiger partial charge in [0.25, 0.3) is 5.91 Å². The summed E-state index contributed by atoms with van der Waals surface area (Å²) >= 11 is 0. The van der Waals surface area contributed by atoms with Crippen molar-refractivity contribution in [2.45, 2.75) is 23.8 Å². The molecule has 1 aliphatic heterocycles. The Bertz CT molecular complexity index is 584. The molecule has 1 aliphatic rings. The van der Waals surface area contributed by atoms with Gasteiger partial charge in [0.2, 0.25) is 10.0 Å². The van der Waals surface area contributed by atoms with Gasteiger partial charge < -0.3 is 4.74 Å². The van der Waals surface area contributed by atoms with Gasteiger partial charge in [-0.05, 0) is 37.1 Å². The summed E-state index contributed by atoms with van der Waals surface area (Å²) in [5, 5.41) is 8.68. The van der Waals surface area contributed by atoms with Crippen LogP contribution in [0.4, 0.5) is 0 Å². The highest BCUT2D eigenvalue weighted by atomic mass is 32.2.